The third-order valence-electron chi connectivity index (χ3n) is 3.94. The maximum atomic E-state index is 12.7. The van der Waals surface area contributed by atoms with Crippen LogP contribution in [0.3, 0.4) is 0 Å². The number of hydrogen-bond acceptors (Lipinski definition) is 3. The molecule has 0 heterocycles. The Morgan fingerprint density at radius 2 is 1.76 bits per heavy atom. The van der Waals surface area contributed by atoms with E-state index in [4.69, 9.17) is 23.2 Å². The van der Waals surface area contributed by atoms with Gasteiger partial charge in [-0.25, -0.2) is 8.42 Å². The standard InChI is InChI=1S/C17H16Cl2N2O3S/c1-21(25(23,24)14-7-2-11(18)3-8-14)13-6-9-16(19)15(10-13)17(22)20-12-4-5-12/h2-3,6-10,12H,4-5H2,1H3,(H,20,22). The number of amides is 1. The molecule has 0 unspecified atom stereocenters. The highest BCUT2D eigenvalue weighted by Gasteiger charge is 2.26. The molecule has 1 aliphatic carbocycles. The molecule has 0 spiro atoms. The molecule has 1 saturated carbocycles. The zero-order valence-corrected chi connectivity index (χ0v) is 15.7. The third-order valence-corrected chi connectivity index (χ3v) is 6.32. The maximum Gasteiger partial charge on any atom is 0.264 e. The van der Waals surface area contributed by atoms with Gasteiger partial charge in [0.05, 0.1) is 21.2 Å². The van der Waals surface area contributed by atoms with Crippen molar-refractivity contribution in [1.29, 1.82) is 0 Å². The summed E-state index contributed by atoms with van der Waals surface area (Å²) in [5.41, 5.74) is 0.601. The summed E-state index contributed by atoms with van der Waals surface area (Å²) in [6.45, 7) is 0. The van der Waals surface area contributed by atoms with Crippen molar-refractivity contribution < 1.29 is 13.2 Å². The summed E-state index contributed by atoms with van der Waals surface area (Å²) >= 11 is 11.9. The Hall–Kier alpha value is -1.76. The van der Waals surface area contributed by atoms with Crippen molar-refractivity contribution in [3.05, 3.63) is 58.1 Å². The lowest BCUT2D eigenvalue weighted by Gasteiger charge is -2.20. The summed E-state index contributed by atoms with van der Waals surface area (Å²) in [6.07, 6.45) is 1.90. The van der Waals surface area contributed by atoms with Gasteiger partial charge in [0.25, 0.3) is 15.9 Å². The summed E-state index contributed by atoms with van der Waals surface area (Å²) in [5.74, 6) is -0.299. The Kier molecular flexibility index (Phi) is 4.95. The Morgan fingerprint density at radius 3 is 2.36 bits per heavy atom. The molecular weight excluding hydrogens is 383 g/mol. The summed E-state index contributed by atoms with van der Waals surface area (Å²) in [6, 6.07) is 10.6. The predicted octanol–water partition coefficient (Wildman–Crippen LogP) is 3.71. The first kappa shape index (κ1) is 18.0. The smallest absolute Gasteiger partial charge is 0.264 e. The number of anilines is 1. The second-order valence-corrected chi connectivity index (χ2v) is 8.65. The van der Waals surface area contributed by atoms with Crippen molar-refractivity contribution in [3.63, 3.8) is 0 Å². The van der Waals surface area contributed by atoms with Gasteiger partial charge in [-0.3, -0.25) is 9.10 Å². The molecule has 25 heavy (non-hydrogen) atoms. The van der Waals surface area contributed by atoms with Gasteiger partial charge in [0, 0.05) is 18.1 Å². The van der Waals surface area contributed by atoms with E-state index in [1.165, 1.54) is 43.4 Å². The molecule has 0 aliphatic heterocycles. The summed E-state index contributed by atoms with van der Waals surface area (Å²) in [4.78, 5) is 12.4. The van der Waals surface area contributed by atoms with Crippen LogP contribution in [0.15, 0.2) is 47.4 Å². The molecular formula is C17H16Cl2N2O3S. The van der Waals surface area contributed by atoms with Crippen LogP contribution >= 0.6 is 23.2 Å². The SMILES string of the molecule is CN(c1ccc(Cl)c(C(=O)NC2CC2)c1)S(=O)(=O)c1ccc(Cl)cc1. The van der Waals surface area contributed by atoms with Crippen LogP contribution in [0.4, 0.5) is 5.69 Å². The van der Waals surface area contributed by atoms with Gasteiger partial charge in [-0.1, -0.05) is 23.2 Å². The summed E-state index contributed by atoms with van der Waals surface area (Å²) < 4.78 is 26.6. The number of benzene rings is 2. The van der Waals surface area contributed by atoms with E-state index >= 15 is 0 Å². The topological polar surface area (TPSA) is 66.5 Å². The zero-order valence-electron chi connectivity index (χ0n) is 13.4. The summed E-state index contributed by atoms with van der Waals surface area (Å²) in [7, 11) is -2.35. The van der Waals surface area contributed by atoms with Crippen molar-refractivity contribution in [2.24, 2.45) is 0 Å². The molecule has 1 fully saturated rings. The van der Waals surface area contributed by atoms with Crippen molar-refractivity contribution >= 4 is 44.8 Å². The molecule has 132 valence electrons. The van der Waals surface area contributed by atoms with Gasteiger partial charge in [-0.15, -0.1) is 0 Å². The van der Waals surface area contributed by atoms with Gasteiger partial charge in [-0.05, 0) is 55.3 Å². The fourth-order valence-electron chi connectivity index (χ4n) is 2.28. The van der Waals surface area contributed by atoms with Crippen LogP contribution in [0.1, 0.15) is 23.2 Å². The van der Waals surface area contributed by atoms with Gasteiger partial charge in [0.1, 0.15) is 0 Å². The number of hydrogen-bond donors (Lipinski definition) is 1. The van der Waals surface area contributed by atoms with Gasteiger partial charge < -0.3 is 5.32 Å². The number of carbonyl (C=O) groups excluding carboxylic acids is 1. The van der Waals surface area contributed by atoms with Crippen LogP contribution in [-0.2, 0) is 10.0 Å². The van der Waals surface area contributed by atoms with Gasteiger partial charge >= 0.3 is 0 Å². The Balaban J connectivity index is 1.92. The Morgan fingerprint density at radius 1 is 1.12 bits per heavy atom. The van der Waals surface area contributed by atoms with Crippen molar-refractivity contribution in [1.82, 2.24) is 5.32 Å². The lowest BCUT2D eigenvalue weighted by Crippen LogP contribution is -2.28. The molecule has 5 nitrogen and oxygen atoms in total. The van der Waals surface area contributed by atoms with Crippen LogP contribution in [0.25, 0.3) is 0 Å². The molecule has 2 aromatic rings. The average Bonchev–Trinajstić information content (AvgIpc) is 3.39. The largest absolute Gasteiger partial charge is 0.349 e. The quantitative estimate of drug-likeness (QED) is 0.834. The molecule has 0 radical (unpaired) electrons. The molecule has 0 saturated heterocycles. The van der Waals surface area contributed by atoms with Crippen LogP contribution in [0.5, 0.6) is 0 Å². The molecule has 0 bridgehead atoms. The van der Waals surface area contributed by atoms with Crippen molar-refractivity contribution in [2.45, 2.75) is 23.8 Å². The second-order valence-electron chi connectivity index (χ2n) is 5.84. The number of rotatable bonds is 5. The van der Waals surface area contributed by atoms with Crippen LogP contribution in [-0.4, -0.2) is 27.4 Å². The number of sulfonamides is 1. The van der Waals surface area contributed by atoms with Crippen LogP contribution in [0.2, 0.25) is 10.0 Å². The van der Waals surface area contributed by atoms with E-state index in [1.807, 2.05) is 0 Å². The number of nitrogens with one attached hydrogen (secondary N) is 1. The van der Waals surface area contributed by atoms with E-state index in [0.717, 1.165) is 17.1 Å². The third kappa shape index (κ3) is 3.92. The molecule has 0 atom stereocenters. The number of halogens is 2. The lowest BCUT2D eigenvalue weighted by atomic mass is 10.2. The van der Waals surface area contributed by atoms with E-state index in [9.17, 15) is 13.2 Å². The van der Waals surface area contributed by atoms with Crippen LogP contribution in [0, 0.1) is 0 Å². The Labute approximate surface area is 156 Å². The van der Waals surface area contributed by atoms with Crippen LogP contribution < -0.4 is 9.62 Å². The average molecular weight is 399 g/mol. The fourth-order valence-corrected chi connectivity index (χ4v) is 3.79. The van der Waals surface area contributed by atoms with Crippen molar-refractivity contribution in [2.75, 3.05) is 11.4 Å². The molecule has 1 amide bonds. The molecule has 3 rings (SSSR count). The van der Waals surface area contributed by atoms with Gasteiger partial charge in [0.15, 0.2) is 0 Å². The monoisotopic (exact) mass is 398 g/mol. The molecule has 0 aromatic heterocycles. The molecule has 1 N–H and O–H groups in total. The minimum absolute atomic E-state index is 0.110. The minimum atomic E-state index is -3.77. The lowest BCUT2D eigenvalue weighted by molar-refractivity contribution is 0.0951. The summed E-state index contributed by atoms with van der Waals surface area (Å²) in [5, 5.41) is 3.58. The first-order chi connectivity index (χ1) is 11.8. The van der Waals surface area contributed by atoms with E-state index in [1.54, 1.807) is 6.07 Å². The van der Waals surface area contributed by atoms with E-state index in [2.05, 4.69) is 5.32 Å². The maximum absolute atomic E-state index is 12.7. The van der Waals surface area contributed by atoms with Crippen molar-refractivity contribution in [3.8, 4) is 0 Å². The highest BCUT2D eigenvalue weighted by Crippen LogP contribution is 2.28. The first-order valence-electron chi connectivity index (χ1n) is 7.64. The number of carbonyl (C=O) groups is 1. The number of nitrogens with zero attached hydrogens (tertiary/aromatic N) is 1. The fraction of sp³-hybridized carbons (Fsp3) is 0.235. The minimum Gasteiger partial charge on any atom is -0.349 e. The highest BCUT2D eigenvalue weighted by molar-refractivity contribution is 7.92. The molecule has 8 heteroatoms. The normalized spacial score (nSPS) is 14.2. The van der Waals surface area contributed by atoms with E-state index in [-0.39, 0.29) is 27.4 Å². The first-order valence-corrected chi connectivity index (χ1v) is 9.83. The highest BCUT2D eigenvalue weighted by atomic mass is 35.5. The Bertz CT molecular complexity index is 910. The molecule has 2 aromatic carbocycles. The zero-order chi connectivity index (χ0) is 18.2. The molecule has 1 aliphatic rings. The van der Waals surface area contributed by atoms with E-state index in [0.29, 0.717) is 10.7 Å². The van der Waals surface area contributed by atoms with E-state index < -0.39 is 10.0 Å². The predicted molar refractivity (Wildman–Crippen MR) is 99.0 cm³/mol. The van der Waals surface area contributed by atoms with Gasteiger partial charge in [0.2, 0.25) is 0 Å². The van der Waals surface area contributed by atoms with Gasteiger partial charge in [-0.2, -0.15) is 0 Å². The second kappa shape index (κ2) is 6.86.